The van der Waals surface area contributed by atoms with E-state index in [1.165, 1.54) is 24.4 Å². The molecule has 2 amide bonds. The molecule has 4 rings (SSSR count). The number of likely N-dealkylation sites (tertiary alicyclic amines) is 1. The summed E-state index contributed by atoms with van der Waals surface area (Å²) in [5.74, 6) is -1.67. The standard InChI is InChI=1S/C26H28ClF2N5O5/c1-26(2,3)39-25(36)34-8-7-13(9-18(34)23(30)35)38-20-10-14-17(11-19(20)37-4)31-12-32-24(14)33-16-6-5-15(28)21(27)22(16)29/h5-6,10-13,18H,7-9H2,1-4H3,(H2,30,35)(H,31,32,33)/t13-,18-/m0/s1. The van der Waals surface area contributed by atoms with Crippen LogP contribution in [-0.4, -0.2) is 58.3 Å². The zero-order valence-electron chi connectivity index (χ0n) is 21.8. The second kappa shape index (κ2) is 11.0. The molecule has 1 aromatic heterocycles. The lowest BCUT2D eigenvalue weighted by Gasteiger charge is -2.38. The molecule has 1 aliphatic rings. The van der Waals surface area contributed by atoms with Crippen molar-refractivity contribution in [3.63, 3.8) is 0 Å². The van der Waals surface area contributed by atoms with Gasteiger partial charge in [0.05, 0.1) is 18.3 Å². The van der Waals surface area contributed by atoms with Crippen LogP contribution in [0, 0.1) is 11.6 Å². The Morgan fingerprint density at radius 2 is 1.92 bits per heavy atom. The monoisotopic (exact) mass is 563 g/mol. The molecule has 39 heavy (non-hydrogen) atoms. The van der Waals surface area contributed by atoms with Crippen LogP contribution >= 0.6 is 11.6 Å². The molecular formula is C26H28ClF2N5O5. The van der Waals surface area contributed by atoms with Crippen LogP contribution in [0.5, 0.6) is 11.5 Å². The van der Waals surface area contributed by atoms with E-state index < -0.39 is 46.4 Å². The van der Waals surface area contributed by atoms with E-state index in [1.807, 2.05) is 0 Å². The van der Waals surface area contributed by atoms with Gasteiger partial charge >= 0.3 is 6.09 Å². The summed E-state index contributed by atoms with van der Waals surface area (Å²) in [5, 5.41) is 2.62. The van der Waals surface area contributed by atoms with Gasteiger partial charge in [-0.15, -0.1) is 0 Å². The fraction of sp³-hybridized carbons (Fsp3) is 0.385. The number of aromatic nitrogens is 2. The Kier molecular flexibility index (Phi) is 7.96. The average Bonchev–Trinajstić information content (AvgIpc) is 2.87. The highest BCUT2D eigenvalue weighted by atomic mass is 35.5. The van der Waals surface area contributed by atoms with Crippen molar-refractivity contribution in [2.24, 2.45) is 5.73 Å². The zero-order chi connectivity index (χ0) is 28.5. The predicted molar refractivity (Wildman–Crippen MR) is 140 cm³/mol. The number of piperidine rings is 1. The van der Waals surface area contributed by atoms with E-state index in [0.717, 1.165) is 6.07 Å². The molecule has 0 aliphatic carbocycles. The van der Waals surface area contributed by atoms with Gasteiger partial charge < -0.3 is 25.3 Å². The summed E-state index contributed by atoms with van der Waals surface area (Å²) in [5.41, 5.74) is 5.25. The number of benzene rings is 2. The summed E-state index contributed by atoms with van der Waals surface area (Å²) in [7, 11) is 1.46. The highest BCUT2D eigenvalue weighted by Gasteiger charge is 2.38. The summed E-state index contributed by atoms with van der Waals surface area (Å²) in [6.07, 6.45) is 0.666. The Morgan fingerprint density at radius 1 is 1.18 bits per heavy atom. The number of methoxy groups -OCH3 is 1. The number of nitrogens with two attached hydrogens (primary N) is 1. The van der Waals surface area contributed by atoms with Gasteiger partial charge in [-0.25, -0.2) is 23.5 Å². The van der Waals surface area contributed by atoms with Gasteiger partial charge in [-0.1, -0.05) is 11.6 Å². The number of nitrogens with zero attached hydrogens (tertiary/aromatic N) is 3. The lowest BCUT2D eigenvalue weighted by Crippen LogP contribution is -2.55. The van der Waals surface area contributed by atoms with Crippen molar-refractivity contribution in [1.29, 1.82) is 0 Å². The lowest BCUT2D eigenvalue weighted by atomic mass is 9.99. The van der Waals surface area contributed by atoms with Crippen LogP contribution in [0.2, 0.25) is 5.02 Å². The van der Waals surface area contributed by atoms with Gasteiger partial charge in [-0.05, 0) is 39.0 Å². The minimum absolute atomic E-state index is 0.0847. The van der Waals surface area contributed by atoms with Crippen molar-refractivity contribution in [2.75, 3.05) is 19.0 Å². The van der Waals surface area contributed by atoms with Crippen LogP contribution in [-0.2, 0) is 9.53 Å². The normalized spacial score (nSPS) is 17.6. The Hall–Kier alpha value is -3.93. The van der Waals surface area contributed by atoms with E-state index in [1.54, 1.807) is 32.9 Å². The summed E-state index contributed by atoms with van der Waals surface area (Å²) in [4.78, 5) is 34.6. The largest absolute Gasteiger partial charge is 0.493 e. The Labute approximate surface area is 228 Å². The fourth-order valence-electron chi connectivity index (χ4n) is 4.19. The maximum absolute atomic E-state index is 14.5. The molecule has 1 fully saturated rings. The van der Waals surface area contributed by atoms with Crippen molar-refractivity contribution < 1.29 is 32.6 Å². The van der Waals surface area contributed by atoms with Crippen LogP contribution in [0.3, 0.4) is 0 Å². The van der Waals surface area contributed by atoms with Gasteiger partial charge in [-0.3, -0.25) is 9.69 Å². The number of rotatable bonds is 6. The third-order valence-corrected chi connectivity index (χ3v) is 6.36. The van der Waals surface area contributed by atoms with Crippen molar-refractivity contribution in [3.05, 3.63) is 47.2 Å². The summed E-state index contributed by atoms with van der Waals surface area (Å²) >= 11 is 5.71. The van der Waals surface area contributed by atoms with Gasteiger partial charge in [0.1, 0.15) is 40.7 Å². The van der Waals surface area contributed by atoms with E-state index in [0.29, 0.717) is 28.8 Å². The quantitative estimate of drug-likeness (QED) is 0.403. The first-order valence-corrected chi connectivity index (χ1v) is 12.4. The molecule has 2 aromatic carbocycles. The number of fused-ring (bicyclic) bond motifs is 1. The molecule has 208 valence electrons. The Bertz CT molecular complexity index is 1420. The highest BCUT2D eigenvalue weighted by molar-refractivity contribution is 6.31. The zero-order valence-corrected chi connectivity index (χ0v) is 22.5. The number of amides is 2. The number of primary amides is 1. The van der Waals surface area contributed by atoms with E-state index >= 15 is 0 Å². The lowest BCUT2D eigenvalue weighted by molar-refractivity contribution is -0.125. The molecule has 1 saturated heterocycles. The first kappa shape index (κ1) is 28.1. The van der Waals surface area contributed by atoms with Gasteiger partial charge in [0, 0.05) is 30.8 Å². The van der Waals surface area contributed by atoms with Crippen LogP contribution < -0.4 is 20.5 Å². The van der Waals surface area contributed by atoms with E-state index in [-0.39, 0.29) is 24.5 Å². The van der Waals surface area contributed by atoms with Crippen LogP contribution in [0.15, 0.2) is 30.6 Å². The second-order valence-electron chi connectivity index (χ2n) is 9.95. The highest BCUT2D eigenvalue weighted by Crippen LogP contribution is 2.37. The third-order valence-electron chi connectivity index (χ3n) is 6.01. The number of ether oxygens (including phenoxy) is 3. The van der Waals surface area contributed by atoms with Crippen molar-refractivity contribution in [3.8, 4) is 11.5 Å². The first-order valence-electron chi connectivity index (χ1n) is 12.1. The molecule has 2 atom stereocenters. The molecule has 2 heterocycles. The van der Waals surface area contributed by atoms with Gasteiger partial charge in [0.25, 0.3) is 0 Å². The number of hydrogen-bond acceptors (Lipinski definition) is 8. The number of anilines is 2. The number of carbonyl (C=O) groups excluding carboxylic acids is 2. The number of halogens is 3. The van der Waals surface area contributed by atoms with Gasteiger partial charge in [0.2, 0.25) is 5.91 Å². The van der Waals surface area contributed by atoms with Crippen LogP contribution in [0.25, 0.3) is 10.9 Å². The van der Waals surface area contributed by atoms with E-state index in [2.05, 4.69) is 15.3 Å². The summed E-state index contributed by atoms with van der Waals surface area (Å²) in [6, 6.07) is 4.53. The molecule has 3 aromatic rings. The maximum Gasteiger partial charge on any atom is 0.410 e. The molecule has 1 aliphatic heterocycles. The van der Waals surface area contributed by atoms with Gasteiger partial charge in [0.15, 0.2) is 17.3 Å². The van der Waals surface area contributed by atoms with Crippen molar-refractivity contribution >= 4 is 46.0 Å². The topological polar surface area (TPSA) is 129 Å². The third kappa shape index (κ3) is 6.22. The first-order chi connectivity index (χ1) is 18.4. The second-order valence-corrected chi connectivity index (χ2v) is 10.3. The number of nitrogens with one attached hydrogen (secondary N) is 1. The molecule has 0 bridgehead atoms. The molecule has 10 nitrogen and oxygen atoms in total. The van der Waals surface area contributed by atoms with Crippen molar-refractivity contribution in [1.82, 2.24) is 14.9 Å². The molecule has 0 radical (unpaired) electrons. The molecule has 3 N–H and O–H groups in total. The van der Waals surface area contributed by atoms with E-state index in [4.69, 9.17) is 31.5 Å². The Morgan fingerprint density at radius 3 is 2.59 bits per heavy atom. The molecular weight excluding hydrogens is 536 g/mol. The average molecular weight is 564 g/mol. The minimum atomic E-state index is -0.970. The molecule has 0 unspecified atom stereocenters. The summed E-state index contributed by atoms with van der Waals surface area (Å²) < 4.78 is 45.3. The van der Waals surface area contributed by atoms with Gasteiger partial charge in [-0.2, -0.15) is 0 Å². The predicted octanol–water partition coefficient (Wildman–Crippen LogP) is 4.95. The van der Waals surface area contributed by atoms with Crippen LogP contribution in [0.1, 0.15) is 33.6 Å². The molecule has 13 heteroatoms. The molecule has 0 spiro atoms. The minimum Gasteiger partial charge on any atom is -0.493 e. The Balaban J connectivity index is 1.61. The summed E-state index contributed by atoms with van der Waals surface area (Å²) in [6.45, 7) is 5.39. The fourth-order valence-corrected chi connectivity index (χ4v) is 4.36. The number of hydrogen-bond donors (Lipinski definition) is 2. The smallest absolute Gasteiger partial charge is 0.410 e. The van der Waals surface area contributed by atoms with Crippen molar-refractivity contribution in [2.45, 2.75) is 51.4 Å². The number of carbonyl (C=O) groups is 2. The molecule has 0 saturated carbocycles. The van der Waals surface area contributed by atoms with Crippen LogP contribution in [0.4, 0.5) is 25.1 Å². The SMILES string of the molecule is COc1cc2ncnc(Nc3ccc(F)c(Cl)c3F)c2cc1O[C@H]1CCN(C(=O)OC(C)(C)C)[C@H](C(N)=O)C1. The maximum atomic E-state index is 14.5. The van der Waals surface area contributed by atoms with E-state index in [9.17, 15) is 18.4 Å².